The Kier molecular flexibility index (Phi) is 3.56. The van der Waals surface area contributed by atoms with Gasteiger partial charge in [0.2, 0.25) is 0 Å². The van der Waals surface area contributed by atoms with E-state index in [1.165, 1.54) is 0 Å². The summed E-state index contributed by atoms with van der Waals surface area (Å²) in [6.07, 6.45) is 4.90. The summed E-state index contributed by atoms with van der Waals surface area (Å²) in [7, 11) is 1.80. The van der Waals surface area contributed by atoms with Crippen molar-refractivity contribution < 1.29 is 4.79 Å². The molecule has 1 saturated carbocycles. The van der Waals surface area contributed by atoms with Gasteiger partial charge in [0.1, 0.15) is 5.69 Å². The van der Waals surface area contributed by atoms with Gasteiger partial charge in [0.25, 0.3) is 5.91 Å². The molecule has 1 spiro atoms. The lowest BCUT2D eigenvalue weighted by Gasteiger charge is -2.44. The Bertz CT molecular complexity index is 903. The lowest BCUT2D eigenvalue weighted by Crippen LogP contribution is -2.57. The number of nitriles is 1. The number of hydrogen-bond acceptors (Lipinski definition) is 2. The lowest BCUT2D eigenvalue weighted by atomic mass is 9.68. The maximum Gasteiger partial charge on any atom is 0.268 e. The van der Waals surface area contributed by atoms with Crippen LogP contribution in [0, 0.1) is 11.3 Å². The van der Waals surface area contributed by atoms with Crippen LogP contribution in [0.4, 0.5) is 0 Å². The van der Waals surface area contributed by atoms with Crippen LogP contribution in [0.25, 0.3) is 10.9 Å². The third-order valence-corrected chi connectivity index (χ3v) is 6.37. The van der Waals surface area contributed by atoms with Gasteiger partial charge in [-0.05, 0) is 18.9 Å². The summed E-state index contributed by atoms with van der Waals surface area (Å²) in [5.41, 5.74) is 1.59. The SMILES string of the molecule is Cn1c2c(c3ccc(Cl)c(Cl)c31)C(C#N)C1(CCCCC1)NC2=O. The minimum absolute atomic E-state index is 0.121. The van der Waals surface area contributed by atoms with E-state index in [0.29, 0.717) is 15.7 Å². The molecule has 6 heteroatoms. The number of halogens is 2. The number of nitrogens with zero attached hydrogens (tertiary/aromatic N) is 2. The molecule has 24 heavy (non-hydrogen) atoms. The van der Waals surface area contributed by atoms with Crippen LogP contribution in [0.5, 0.6) is 0 Å². The number of benzene rings is 1. The second-order valence-corrected chi connectivity index (χ2v) is 7.60. The number of aryl methyl sites for hydroxylation is 1. The summed E-state index contributed by atoms with van der Waals surface area (Å²) in [4.78, 5) is 12.9. The first-order valence-corrected chi connectivity index (χ1v) is 8.94. The molecule has 124 valence electrons. The van der Waals surface area contributed by atoms with Gasteiger partial charge in [0.05, 0.1) is 33.1 Å². The molecule has 4 rings (SSSR count). The Morgan fingerprint density at radius 1 is 1.29 bits per heavy atom. The van der Waals surface area contributed by atoms with Gasteiger partial charge in [-0.2, -0.15) is 5.26 Å². The number of nitrogens with one attached hydrogen (secondary N) is 1. The van der Waals surface area contributed by atoms with Crippen LogP contribution < -0.4 is 5.32 Å². The molecular formula is C18H17Cl2N3O. The van der Waals surface area contributed by atoms with E-state index in [2.05, 4.69) is 11.4 Å². The fraction of sp³-hybridized carbons (Fsp3) is 0.444. The van der Waals surface area contributed by atoms with Crippen LogP contribution in [0.15, 0.2) is 12.1 Å². The number of amides is 1. The zero-order valence-corrected chi connectivity index (χ0v) is 14.8. The van der Waals surface area contributed by atoms with Crippen molar-refractivity contribution in [3.05, 3.63) is 33.4 Å². The molecule has 1 aliphatic heterocycles. The van der Waals surface area contributed by atoms with E-state index in [-0.39, 0.29) is 11.8 Å². The second-order valence-electron chi connectivity index (χ2n) is 6.81. The fourth-order valence-corrected chi connectivity index (χ4v) is 4.93. The van der Waals surface area contributed by atoms with Crippen molar-refractivity contribution in [1.29, 1.82) is 5.26 Å². The molecule has 4 nitrogen and oxygen atoms in total. The molecule has 0 bridgehead atoms. The Hall–Kier alpha value is -1.70. The number of hydrogen-bond donors (Lipinski definition) is 1. The highest BCUT2D eigenvalue weighted by Crippen LogP contribution is 2.48. The van der Waals surface area contributed by atoms with E-state index in [1.807, 2.05) is 6.07 Å². The zero-order chi connectivity index (χ0) is 17.1. The summed E-state index contributed by atoms with van der Waals surface area (Å²) >= 11 is 12.6. The fourth-order valence-electron chi connectivity index (χ4n) is 4.49. The Balaban J connectivity index is 2.05. The van der Waals surface area contributed by atoms with Gasteiger partial charge in [0, 0.05) is 18.0 Å². The molecule has 2 aromatic rings. The molecule has 0 radical (unpaired) electrons. The van der Waals surface area contributed by atoms with Crippen molar-refractivity contribution in [3.63, 3.8) is 0 Å². The van der Waals surface area contributed by atoms with E-state index < -0.39 is 5.54 Å². The standard InChI is InChI=1S/C18H17Cl2N3O/c1-23-15-10(5-6-12(19)14(15)20)13-11(9-21)18(7-3-2-4-8-18)22-17(24)16(13)23/h5-6,11H,2-4,7-8H2,1H3,(H,22,24). The Labute approximate surface area is 150 Å². The maximum atomic E-state index is 12.9. The normalized spacial score (nSPS) is 22.2. The van der Waals surface area contributed by atoms with Crippen molar-refractivity contribution in [2.24, 2.45) is 7.05 Å². The number of fused-ring (bicyclic) bond motifs is 3. The van der Waals surface area contributed by atoms with Gasteiger partial charge in [-0.1, -0.05) is 48.5 Å². The maximum absolute atomic E-state index is 12.9. The average molecular weight is 362 g/mol. The predicted octanol–water partition coefficient (Wildman–Crippen LogP) is 4.54. The Morgan fingerprint density at radius 2 is 2.00 bits per heavy atom. The van der Waals surface area contributed by atoms with Gasteiger partial charge in [-0.25, -0.2) is 0 Å². The molecule has 1 aliphatic carbocycles. The molecule has 2 aliphatic rings. The first-order valence-electron chi connectivity index (χ1n) is 8.18. The van der Waals surface area contributed by atoms with E-state index >= 15 is 0 Å². The van der Waals surface area contributed by atoms with E-state index in [0.717, 1.165) is 48.6 Å². The first kappa shape index (κ1) is 15.8. The highest BCUT2D eigenvalue weighted by molar-refractivity contribution is 6.45. The van der Waals surface area contributed by atoms with Gasteiger partial charge < -0.3 is 9.88 Å². The van der Waals surface area contributed by atoms with Crippen LogP contribution in [-0.4, -0.2) is 16.0 Å². The summed E-state index contributed by atoms with van der Waals surface area (Å²) < 4.78 is 1.77. The molecule has 2 heterocycles. The average Bonchev–Trinajstić information content (AvgIpc) is 2.86. The van der Waals surface area contributed by atoms with E-state index in [9.17, 15) is 10.1 Å². The second kappa shape index (κ2) is 5.40. The number of aromatic nitrogens is 1. The molecule has 1 aromatic carbocycles. The van der Waals surface area contributed by atoms with Crippen molar-refractivity contribution in [3.8, 4) is 6.07 Å². The third-order valence-electron chi connectivity index (χ3n) is 5.58. The Morgan fingerprint density at radius 3 is 2.67 bits per heavy atom. The number of carbonyl (C=O) groups excluding carboxylic acids is 1. The predicted molar refractivity (Wildman–Crippen MR) is 94.6 cm³/mol. The van der Waals surface area contributed by atoms with Crippen molar-refractivity contribution in [1.82, 2.24) is 9.88 Å². The zero-order valence-electron chi connectivity index (χ0n) is 13.3. The van der Waals surface area contributed by atoms with Gasteiger partial charge in [0.15, 0.2) is 0 Å². The quantitative estimate of drug-likeness (QED) is 0.748. The van der Waals surface area contributed by atoms with Gasteiger partial charge >= 0.3 is 0 Å². The topological polar surface area (TPSA) is 57.8 Å². The highest BCUT2D eigenvalue weighted by atomic mass is 35.5. The summed E-state index contributed by atoms with van der Waals surface area (Å²) in [6, 6.07) is 6.09. The van der Waals surface area contributed by atoms with Gasteiger partial charge in [-0.15, -0.1) is 0 Å². The largest absolute Gasteiger partial charge is 0.344 e. The van der Waals surface area contributed by atoms with Crippen LogP contribution in [0.2, 0.25) is 10.0 Å². The number of carbonyl (C=O) groups is 1. The smallest absolute Gasteiger partial charge is 0.268 e. The van der Waals surface area contributed by atoms with E-state index in [1.54, 1.807) is 17.7 Å². The van der Waals surface area contributed by atoms with Crippen LogP contribution >= 0.6 is 23.2 Å². The molecule has 1 fully saturated rings. The van der Waals surface area contributed by atoms with E-state index in [4.69, 9.17) is 23.2 Å². The third kappa shape index (κ3) is 1.95. The van der Waals surface area contributed by atoms with Crippen LogP contribution in [-0.2, 0) is 7.05 Å². The van der Waals surface area contributed by atoms with Crippen molar-refractivity contribution in [2.75, 3.05) is 0 Å². The first-order chi connectivity index (χ1) is 11.5. The molecular weight excluding hydrogens is 345 g/mol. The molecule has 1 unspecified atom stereocenters. The molecule has 0 saturated heterocycles. The summed E-state index contributed by atoms with van der Waals surface area (Å²) in [6.45, 7) is 0. The summed E-state index contributed by atoms with van der Waals surface area (Å²) in [5.74, 6) is -0.490. The molecule has 1 amide bonds. The molecule has 1 atom stereocenters. The van der Waals surface area contributed by atoms with Crippen LogP contribution in [0.3, 0.4) is 0 Å². The minimum Gasteiger partial charge on any atom is -0.344 e. The van der Waals surface area contributed by atoms with Gasteiger partial charge in [-0.3, -0.25) is 4.79 Å². The lowest BCUT2D eigenvalue weighted by molar-refractivity contribution is 0.0819. The highest BCUT2D eigenvalue weighted by Gasteiger charge is 2.49. The number of rotatable bonds is 0. The minimum atomic E-state index is -0.461. The van der Waals surface area contributed by atoms with Crippen LogP contribution in [0.1, 0.15) is 54.1 Å². The summed E-state index contributed by atoms with van der Waals surface area (Å²) in [5, 5.41) is 14.9. The van der Waals surface area contributed by atoms with Crippen molar-refractivity contribution >= 4 is 40.0 Å². The molecule has 1 aromatic heterocycles. The molecule has 1 N–H and O–H groups in total. The van der Waals surface area contributed by atoms with Crippen molar-refractivity contribution in [2.45, 2.75) is 43.6 Å². The monoisotopic (exact) mass is 361 g/mol.